The molecule has 0 saturated heterocycles. The lowest BCUT2D eigenvalue weighted by atomic mass is 10.2. The van der Waals surface area contributed by atoms with E-state index in [1.807, 2.05) is 4.72 Å². The number of nitrogens with one attached hydrogen (secondary N) is 2. The van der Waals surface area contributed by atoms with E-state index in [1.54, 1.807) is 19.9 Å². The maximum absolute atomic E-state index is 12.7. The Morgan fingerprint density at radius 1 is 1.11 bits per heavy atom. The highest BCUT2D eigenvalue weighted by Gasteiger charge is 2.24. The molecule has 0 fully saturated rings. The quantitative estimate of drug-likeness (QED) is 0.627. The first-order valence-electron chi connectivity index (χ1n) is 7.78. The van der Waals surface area contributed by atoms with Crippen LogP contribution < -0.4 is 14.8 Å². The van der Waals surface area contributed by atoms with Crippen LogP contribution in [0.5, 0.6) is 6.01 Å². The predicted molar refractivity (Wildman–Crippen MR) is 94.9 cm³/mol. The molecule has 3 rings (SSSR count). The van der Waals surface area contributed by atoms with Crippen LogP contribution in [-0.2, 0) is 10.0 Å². The number of sulfonamides is 1. The summed E-state index contributed by atoms with van der Waals surface area (Å²) in [5.74, 6) is 0.392. The van der Waals surface area contributed by atoms with Crippen molar-refractivity contribution in [2.45, 2.75) is 18.7 Å². The van der Waals surface area contributed by atoms with Crippen molar-refractivity contribution in [3.8, 4) is 17.5 Å². The molecule has 0 atom stereocenters. The SMILES string of the molecule is COc1nc(C)nc(NC(=O)NS(=O)(=O)c2ccccc2-c2nnc(C)o2)n1. The number of rotatable bonds is 5. The average Bonchev–Trinajstić information content (AvgIpc) is 3.07. The summed E-state index contributed by atoms with van der Waals surface area (Å²) in [5, 5.41) is 9.72. The lowest BCUT2D eigenvalue weighted by molar-refractivity contribution is 0.256. The Morgan fingerprint density at radius 3 is 2.54 bits per heavy atom. The number of anilines is 1. The molecular formula is C15H15N7O5S. The van der Waals surface area contributed by atoms with Crippen LogP contribution in [0.15, 0.2) is 33.6 Å². The van der Waals surface area contributed by atoms with Gasteiger partial charge in [-0.2, -0.15) is 15.0 Å². The molecule has 28 heavy (non-hydrogen) atoms. The Kier molecular flexibility index (Phi) is 5.17. The molecule has 0 spiro atoms. The summed E-state index contributed by atoms with van der Waals surface area (Å²) in [6, 6.07) is 4.81. The van der Waals surface area contributed by atoms with Gasteiger partial charge < -0.3 is 9.15 Å². The van der Waals surface area contributed by atoms with Gasteiger partial charge in [0.1, 0.15) is 10.7 Å². The zero-order valence-corrected chi connectivity index (χ0v) is 15.8. The standard InChI is InChI=1S/C15H15N7O5S/c1-8-16-13(19-15(17-8)26-3)18-14(23)22-28(24,25)11-7-5-4-6-10(11)12-21-20-9(2)27-12/h4-7H,1-3H3,(H2,16,17,18,19,22,23). The molecule has 1 aromatic carbocycles. The molecule has 2 N–H and O–H groups in total. The summed E-state index contributed by atoms with van der Waals surface area (Å²) in [6.07, 6.45) is 0. The molecule has 0 saturated carbocycles. The fourth-order valence-electron chi connectivity index (χ4n) is 2.19. The summed E-state index contributed by atoms with van der Waals surface area (Å²) in [5.41, 5.74) is 0.154. The fourth-order valence-corrected chi connectivity index (χ4v) is 3.30. The van der Waals surface area contributed by atoms with Gasteiger partial charge in [-0.05, 0) is 19.1 Å². The average molecular weight is 405 g/mol. The number of hydrogen-bond acceptors (Lipinski definition) is 10. The minimum absolute atomic E-state index is 0.0108. The van der Waals surface area contributed by atoms with Crippen LogP contribution in [-0.4, -0.2) is 46.7 Å². The summed E-state index contributed by atoms with van der Waals surface area (Å²) in [4.78, 5) is 23.5. The number of urea groups is 1. The lowest BCUT2D eigenvalue weighted by Crippen LogP contribution is -2.35. The smallest absolute Gasteiger partial charge is 0.335 e. The number of carbonyl (C=O) groups is 1. The van der Waals surface area contributed by atoms with Gasteiger partial charge in [-0.25, -0.2) is 17.9 Å². The molecule has 2 aromatic heterocycles. The van der Waals surface area contributed by atoms with Gasteiger partial charge >= 0.3 is 12.0 Å². The molecule has 2 heterocycles. The molecule has 0 radical (unpaired) electrons. The van der Waals surface area contributed by atoms with Crippen LogP contribution >= 0.6 is 0 Å². The van der Waals surface area contributed by atoms with Gasteiger partial charge in [-0.1, -0.05) is 12.1 Å². The van der Waals surface area contributed by atoms with Crippen molar-refractivity contribution in [1.29, 1.82) is 0 Å². The van der Waals surface area contributed by atoms with E-state index in [-0.39, 0.29) is 40.0 Å². The molecule has 3 aromatic rings. The number of methoxy groups -OCH3 is 1. The van der Waals surface area contributed by atoms with Crippen LogP contribution in [0.2, 0.25) is 0 Å². The first-order valence-corrected chi connectivity index (χ1v) is 9.27. The largest absolute Gasteiger partial charge is 0.467 e. The maximum atomic E-state index is 12.7. The van der Waals surface area contributed by atoms with E-state index in [1.165, 1.54) is 25.3 Å². The molecule has 0 aliphatic rings. The third-order valence-electron chi connectivity index (χ3n) is 3.29. The molecule has 2 amide bonds. The van der Waals surface area contributed by atoms with Gasteiger partial charge in [-0.3, -0.25) is 5.32 Å². The van der Waals surface area contributed by atoms with E-state index in [9.17, 15) is 13.2 Å². The molecule has 146 valence electrons. The van der Waals surface area contributed by atoms with Crippen LogP contribution in [0.25, 0.3) is 11.5 Å². The molecule has 0 bridgehead atoms. The molecule has 0 aliphatic carbocycles. The number of amides is 2. The fraction of sp³-hybridized carbons (Fsp3) is 0.200. The second-order valence-corrected chi connectivity index (χ2v) is 7.03. The van der Waals surface area contributed by atoms with E-state index in [2.05, 4.69) is 30.5 Å². The van der Waals surface area contributed by atoms with Crippen molar-refractivity contribution in [2.75, 3.05) is 12.4 Å². The highest BCUT2D eigenvalue weighted by atomic mass is 32.2. The van der Waals surface area contributed by atoms with Crippen molar-refractivity contribution in [1.82, 2.24) is 29.9 Å². The van der Waals surface area contributed by atoms with Gasteiger partial charge in [0.15, 0.2) is 0 Å². The Balaban J connectivity index is 1.85. The number of nitrogens with zero attached hydrogens (tertiary/aromatic N) is 5. The van der Waals surface area contributed by atoms with E-state index >= 15 is 0 Å². The number of benzene rings is 1. The summed E-state index contributed by atoms with van der Waals surface area (Å²) >= 11 is 0. The first-order chi connectivity index (χ1) is 13.3. The van der Waals surface area contributed by atoms with Gasteiger partial charge in [0.25, 0.3) is 10.0 Å². The summed E-state index contributed by atoms with van der Waals surface area (Å²) < 4.78 is 37.4. The number of carbonyl (C=O) groups excluding carboxylic acids is 1. The van der Waals surface area contributed by atoms with Gasteiger partial charge in [0.05, 0.1) is 12.7 Å². The first kappa shape index (κ1) is 19.2. The van der Waals surface area contributed by atoms with E-state index < -0.39 is 16.1 Å². The highest BCUT2D eigenvalue weighted by Crippen LogP contribution is 2.26. The number of ether oxygens (including phenoxy) is 1. The van der Waals surface area contributed by atoms with Gasteiger partial charge in [0.2, 0.25) is 17.7 Å². The van der Waals surface area contributed by atoms with Crippen molar-refractivity contribution in [3.63, 3.8) is 0 Å². The van der Waals surface area contributed by atoms with Gasteiger partial charge in [-0.15, -0.1) is 10.2 Å². The second kappa shape index (κ2) is 7.56. The van der Waals surface area contributed by atoms with Crippen LogP contribution in [0.3, 0.4) is 0 Å². The van der Waals surface area contributed by atoms with Crippen molar-refractivity contribution in [3.05, 3.63) is 36.0 Å². The van der Waals surface area contributed by atoms with E-state index in [4.69, 9.17) is 9.15 Å². The highest BCUT2D eigenvalue weighted by molar-refractivity contribution is 7.90. The Morgan fingerprint density at radius 2 is 1.86 bits per heavy atom. The Hall–Kier alpha value is -3.61. The monoisotopic (exact) mass is 405 g/mol. The number of aromatic nitrogens is 5. The Labute approximate surface area is 159 Å². The lowest BCUT2D eigenvalue weighted by Gasteiger charge is -2.10. The third kappa shape index (κ3) is 4.20. The maximum Gasteiger partial charge on any atom is 0.335 e. The molecule has 13 heteroatoms. The minimum atomic E-state index is -4.27. The molecular weight excluding hydrogens is 390 g/mol. The van der Waals surface area contributed by atoms with Gasteiger partial charge in [0, 0.05) is 6.92 Å². The summed E-state index contributed by atoms with van der Waals surface area (Å²) in [6.45, 7) is 3.14. The predicted octanol–water partition coefficient (Wildman–Crippen LogP) is 1.06. The van der Waals surface area contributed by atoms with E-state index in [0.717, 1.165) is 0 Å². The second-order valence-electron chi connectivity index (χ2n) is 5.37. The molecule has 0 unspecified atom stereocenters. The Bertz CT molecular complexity index is 1130. The normalized spacial score (nSPS) is 11.1. The van der Waals surface area contributed by atoms with E-state index in [0.29, 0.717) is 0 Å². The topological polar surface area (TPSA) is 162 Å². The minimum Gasteiger partial charge on any atom is -0.467 e. The van der Waals surface area contributed by atoms with Crippen LogP contribution in [0.1, 0.15) is 11.7 Å². The zero-order valence-electron chi connectivity index (χ0n) is 15.0. The van der Waals surface area contributed by atoms with Crippen molar-refractivity contribution >= 4 is 22.0 Å². The van der Waals surface area contributed by atoms with Crippen LogP contribution in [0.4, 0.5) is 10.7 Å². The third-order valence-corrected chi connectivity index (χ3v) is 4.68. The number of aryl methyl sites for hydroxylation is 2. The van der Waals surface area contributed by atoms with Crippen molar-refractivity contribution in [2.24, 2.45) is 0 Å². The van der Waals surface area contributed by atoms with Crippen molar-refractivity contribution < 1.29 is 22.4 Å². The zero-order chi connectivity index (χ0) is 20.3. The molecule has 0 aliphatic heterocycles. The molecule has 12 nitrogen and oxygen atoms in total. The number of hydrogen-bond donors (Lipinski definition) is 2. The van der Waals surface area contributed by atoms with Crippen LogP contribution in [0, 0.1) is 13.8 Å². The summed E-state index contributed by atoms with van der Waals surface area (Å²) in [7, 11) is -2.92.